The molecule has 2 aromatic rings. The molecule has 2 N–H and O–H groups in total. The Morgan fingerprint density at radius 3 is 2.44 bits per heavy atom. The maximum Gasteiger partial charge on any atom is 0.115 e. The predicted molar refractivity (Wildman–Crippen MR) is 102 cm³/mol. The van der Waals surface area contributed by atoms with E-state index in [2.05, 4.69) is 29.3 Å². The highest BCUT2D eigenvalue weighted by molar-refractivity contribution is 7.09. The first-order chi connectivity index (χ1) is 12.0. The van der Waals surface area contributed by atoms with Crippen molar-refractivity contribution in [2.24, 2.45) is 11.8 Å². The largest absolute Gasteiger partial charge is 0.508 e. The number of benzene rings is 1. The van der Waals surface area contributed by atoms with E-state index in [1.807, 2.05) is 12.1 Å². The molecule has 0 bridgehead atoms. The number of thiophene rings is 1. The van der Waals surface area contributed by atoms with Gasteiger partial charge >= 0.3 is 0 Å². The Balaban J connectivity index is 1.32. The number of aromatic hydroxyl groups is 1. The second-order valence-electron chi connectivity index (χ2n) is 8.12. The molecule has 2 fully saturated rings. The van der Waals surface area contributed by atoms with Crippen LogP contribution in [0.5, 0.6) is 5.75 Å². The van der Waals surface area contributed by atoms with Gasteiger partial charge in [0.05, 0.1) is 5.60 Å². The first kappa shape index (κ1) is 17.1. The van der Waals surface area contributed by atoms with Gasteiger partial charge in [-0.25, -0.2) is 0 Å². The smallest absolute Gasteiger partial charge is 0.115 e. The van der Waals surface area contributed by atoms with Gasteiger partial charge in [-0.05, 0) is 59.7 Å². The van der Waals surface area contributed by atoms with Crippen LogP contribution in [0.1, 0.15) is 36.1 Å². The minimum atomic E-state index is -0.491. The molecule has 4 rings (SSSR count). The van der Waals surface area contributed by atoms with E-state index in [9.17, 15) is 10.2 Å². The summed E-state index contributed by atoms with van der Waals surface area (Å²) in [6, 6.07) is 11.8. The van der Waals surface area contributed by atoms with Gasteiger partial charge in [-0.1, -0.05) is 25.1 Å². The van der Waals surface area contributed by atoms with Crippen LogP contribution < -0.4 is 0 Å². The van der Waals surface area contributed by atoms with Crippen molar-refractivity contribution >= 4 is 11.3 Å². The summed E-state index contributed by atoms with van der Waals surface area (Å²) >= 11 is 1.76. The predicted octanol–water partition coefficient (Wildman–Crippen LogP) is 3.87. The Morgan fingerprint density at radius 1 is 1.16 bits per heavy atom. The third-order valence-electron chi connectivity index (χ3n) is 6.01. The second kappa shape index (κ2) is 6.75. The number of phenols is 1. The second-order valence-corrected chi connectivity index (χ2v) is 9.15. The average Bonchev–Trinajstić information content (AvgIpc) is 3.24. The molecule has 0 spiro atoms. The molecular weight excluding hydrogens is 330 g/mol. The van der Waals surface area contributed by atoms with Gasteiger partial charge in [0, 0.05) is 30.9 Å². The molecule has 3 nitrogen and oxygen atoms in total. The monoisotopic (exact) mass is 357 g/mol. The fourth-order valence-electron chi connectivity index (χ4n) is 4.88. The van der Waals surface area contributed by atoms with Crippen molar-refractivity contribution in [2.45, 2.75) is 37.7 Å². The van der Waals surface area contributed by atoms with E-state index < -0.39 is 5.60 Å². The molecule has 1 aromatic heterocycles. The molecule has 4 heteroatoms. The maximum absolute atomic E-state index is 11.0. The van der Waals surface area contributed by atoms with Crippen LogP contribution in [-0.2, 0) is 6.42 Å². The SMILES string of the molecule is CC(CN1C[C@@H]2C[C@@](O)(Cc3cccs3)C[C@@H]2C1)c1ccc(O)cc1. The number of hydrogen-bond donors (Lipinski definition) is 2. The molecule has 134 valence electrons. The molecule has 0 radical (unpaired) electrons. The van der Waals surface area contributed by atoms with Crippen molar-refractivity contribution in [1.29, 1.82) is 0 Å². The van der Waals surface area contributed by atoms with Crippen LogP contribution in [0.3, 0.4) is 0 Å². The van der Waals surface area contributed by atoms with E-state index in [1.165, 1.54) is 10.4 Å². The number of rotatable bonds is 5. The number of nitrogens with zero attached hydrogens (tertiary/aromatic N) is 1. The zero-order valence-corrected chi connectivity index (χ0v) is 15.6. The molecule has 0 amide bonds. The third kappa shape index (κ3) is 3.76. The van der Waals surface area contributed by atoms with Crippen LogP contribution in [0.25, 0.3) is 0 Å². The lowest BCUT2D eigenvalue weighted by atomic mass is 9.94. The number of phenolic OH excluding ortho intramolecular Hbond substituents is 1. The van der Waals surface area contributed by atoms with Gasteiger partial charge in [0.1, 0.15) is 5.75 Å². The summed E-state index contributed by atoms with van der Waals surface area (Å²) < 4.78 is 0. The Kier molecular flexibility index (Phi) is 4.61. The highest BCUT2D eigenvalue weighted by atomic mass is 32.1. The molecule has 2 aliphatic rings. The Hall–Kier alpha value is -1.36. The molecule has 1 saturated carbocycles. The van der Waals surface area contributed by atoms with Crippen LogP contribution in [0.4, 0.5) is 0 Å². The summed E-state index contributed by atoms with van der Waals surface area (Å²) in [5.74, 6) is 2.06. The summed E-state index contributed by atoms with van der Waals surface area (Å²) in [4.78, 5) is 3.87. The van der Waals surface area contributed by atoms with E-state index >= 15 is 0 Å². The quantitative estimate of drug-likeness (QED) is 0.854. The van der Waals surface area contributed by atoms with Crippen molar-refractivity contribution in [1.82, 2.24) is 4.90 Å². The summed E-state index contributed by atoms with van der Waals surface area (Å²) in [5, 5.41) is 22.5. The molecule has 25 heavy (non-hydrogen) atoms. The van der Waals surface area contributed by atoms with E-state index in [4.69, 9.17) is 0 Å². The lowest BCUT2D eigenvalue weighted by Gasteiger charge is -2.27. The Morgan fingerprint density at radius 2 is 1.84 bits per heavy atom. The number of hydrogen-bond acceptors (Lipinski definition) is 4. The first-order valence-corrected chi connectivity index (χ1v) is 10.1. The van der Waals surface area contributed by atoms with Crippen molar-refractivity contribution in [3.63, 3.8) is 0 Å². The Labute approximate surface area is 153 Å². The summed E-state index contributed by atoms with van der Waals surface area (Å²) in [6.45, 7) is 5.54. The van der Waals surface area contributed by atoms with Gasteiger partial charge < -0.3 is 15.1 Å². The zero-order valence-electron chi connectivity index (χ0n) is 14.8. The summed E-state index contributed by atoms with van der Waals surface area (Å²) in [6.07, 6.45) is 2.71. The van der Waals surface area contributed by atoms with Gasteiger partial charge in [-0.15, -0.1) is 11.3 Å². The summed E-state index contributed by atoms with van der Waals surface area (Å²) in [5.41, 5.74) is 0.790. The first-order valence-electron chi connectivity index (χ1n) is 9.27. The molecule has 1 saturated heterocycles. The van der Waals surface area contributed by atoms with Crippen molar-refractivity contribution in [2.75, 3.05) is 19.6 Å². The number of likely N-dealkylation sites (tertiary alicyclic amines) is 1. The van der Waals surface area contributed by atoms with Crippen molar-refractivity contribution in [3.8, 4) is 5.75 Å². The number of aliphatic hydroxyl groups is 1. The highest BCUT2D eigenvalue weighted by Gasteiger charge is 2.48. The van der Waals surface area contributed by atoms with Crippen LogP contribution in [0.2, 0.25) is 0 Å². The molecular formula is C21H27NO2S. The number of fused-ring (bicyclic) bond motifs is 1. The van der Waals surface area contributed by atoms with Crippen LogP contribution in [0, 0.1) is 11.8 Å². The molecule has 1 unspecified atom stereocenters. The van der Waals surface area contributed by atoms with E-state index in [0.717, 1.165) is 38.9 Å². The standard InChI is InChI=1S/C21H27NO2S/c1-15(16-4-6-19(23)7-5-16)12-22-13-17-9-21(24,10-18(17)14-22)11-20-3-2-8-25-20/h2-8,15,17-18,23-24H,9-14H2,1H3/t15?,17-,18+,21-. The summed E-state index contributed by atoms with van der Waals surface area (Å²) in [7, 11) is 0. The zero-order chi connectivity index (χ0) is 17.4. The topological polar surface area (TPSA) is 43.7 Å². The molecule has 1 aromatic carbocycles. The van der Waals surface area contributed by atoms with Crippen molar-refractivity contribution in [3.05, 3.63) is 52.2 Å². The fourth-order valence-corrected chi connectivity index (χ4v) is 5.73. The molecule has 1 aliphatic heterocycles. The van der Waals surface area contributed by atoms with Crippen molar-refractivity contribution < 1.29 is 10.2 Å². The highest BCUT2D eigenvalue weighted by Crippen LogP contribution is 2.46. The minimum Gasteiger partial charge on any atom is -0.508 e. The van der Waals surface area contributed by atoms with Gasteiger partial charge in [0.25, 0.3) is 0 Å². The minimum absolute atomic E-state index is 0.330. The molecule has 4 atom stereocenters. The van der Waals surface area contributed by atoms with E-state index in [-0.39, 0.29) is 0 Å². The molecule has 1 aliphatic carbocycles. The normalized spacial score (nSPS) is 30.5. The lowest BCUT2D eigenvalue weighted by molar-refractivity contribution is 0.0360. The lowest BCUT2D eigenvalue weighted by Crippen LogP contribution is -2.33. The van der Waals surface area contributed by atoms with Gasteiger partial charge in [0.15, 0.2) is 0 Å². The van der Waals surface area contributed by atoms with Gasteiger partial charge in [-0.2, -0.15) is 0 Å². The average molecular weight is 358 g/mol. The third-order valence-corrected chi connectivity index (χ3v) is 6.89. The van der Waals surface area contributed by atoms with Crippen LogP contribution >= 0.6 is 11.3 Å². The van der Waals surface area contributed by atoms with Crippen LogP contribution in [0.15, 0.2) is 41.8 Å². The Bertz CT molecular complexity index is 683. The van der Waals surface area contributed by atoms with Gasteiger partial charge in [0.2, 0.25) is 0 Å². The van der Waals surface area contributed by atoms with E-state index in [1.54, 1.807) is 23.5 Å². The maximum atomic E-state index is 11.0. The van der Waals surface area contributed by atoms with Gasteiger partial charge in [-0.3, -0.25) is 0 Å². The fraction of sp³-hybridized carbons (Fsp3) is 0.524. The molecule has 2 heterocycles. The van der Waals surface area contributed by atoms with Crippen LogP contribution in [-0.4, -0.2) is 40.3 Å². The van der Waals surface area contributed by atoms with E-state index in [0.29, 0.717) is 23.5 Å².